The Morgan fingerprint density at radius 2 is 2.09 bits per heavy atom. The third-order valence-electron chi connectivity index (χ3n) is 2.90. The zero-order valence-corrected chi connectivity index (χ0v) is 12.4. The first-order chi connectivity index (χ1) is 10.6. The second-order valence-electron chi connectivity index (χ2n) is 4.56. The SMILES string of the molecule is C[C@H](Sc1nc2ncccc2o1)C(=O)Nc1ccc(F)cc1. The van der Waals surface area contributed by atoms with Gasteiger partial charge >= 0.3 is 0 Å². The number of fused-ring (bicyclic) bond motifs is 1. The van der Waals surface area contributed by atoms with E-state index >= 15 is 0 Å². The Bertz CT molecular complexity index is 771. The fourth-order valence-electron chi connectivity index (χ4n) is 1.78. The van der Waals surface area contributed by atoms with Crippen LogP contribution < -0.4 is 5.32 Å². The Morgan fingerprint density at radius 3 is 2.82 bits per heavy atom. The predicted molar refractivity (Wildman–Crippen MR) is 82.2 cm³/mol. The molecule has 0 unspecified atom stereocenters. The number of anilines is 1. The number of hydrogen-bond donors (Lipinski definition) is 1. The van der Waals surface area contributed by atoms with Crippen molar-refractivity contribution in [1.82, 2.24) is 9.97 Å². The molecule has 0 fully saturated rings. The number of aromatic nitrogens is 2. The average Bonchev–Trinajstić information content (AvgIpc) is 2.91. The van der Waals surface area contributed by atoms with E-state index < -0.39 is 5.25 Å². The fourth-order valence-corrected chi connectivity index (χ4v) is 2.53. The summed E-state index contributed by atoms with van der Waals surface area (Å²) >= 11 is 1.20. The Balaban J connectivity index is 1.66. The number of thioether (sulfide) groups is 1. The molecule has 1 aromatic carbocycles. The number of nitrogens with one attached hydrogen (secondary N) is 1. The maximum absolute atomic E-state index is 12.8. The number of hydrogen-bond acceptors (Lipinski definition) is 5. The van der Waals surface area contributed by atoms with E-state index in [2.05, 4.69) is 15.3 Å². The highest BCUT2D eigenvalue weighted by Gasteiger charge is 2.18. The normalized spacial score (nSPS) is 12.3. The van der Waals surface area contributed by atoms with Crippen LogP contribution in [0.1, 0.15) is 6.92 Å². The molecule has 1 atom stereocenters. The first-order valence-electron chi connectivity index (χ1n) is 6.56. The molecule has 0 aliphatic heterocycles. The molecule has 1 N–H and O–H groups in total. The van der Waals surface area contributed by atoms with Gasteiger partial charge in [-0.15, -0.1) is 0 Å². The lowest BCUT2D eigenvalue weighted by atomic mass is 10.3. The lowest BCUT2D eigenvalue weighted by Crippen LogP contribution is -2.22. The summed E-state index contributed by atoms with van der Waals surface area (Å²) < 4.78 is 18.3. The van der Waals surface area contributed by atoms with Crippen molar-refractivity contribution in [3.8, 4) is 0 Å². The topological polar surface area (TPSA) is 68.0 Å². The maximum Gasteiger partial charge on any atom is 0.259 e. The highest BCUT2D eigenvalue weighted by Crippen LogP contribution is 2.26. The predicted octanol–water partition coefficient (Wildman–Crippen LogP) is 3.48. The molecule has 2 aromatic heterocycles. The number of halogens is 1. The van der Waals surface area contributed by atoms with Gasteiger partial charge < -0.3 is 9.73 Å². The second-order valence-corrected chi connectivity index (χ2v) is 5.85. The van der Waals surface area contributed by atoms with Gasteiger partial charge in [0, 0.05) is 11.9 Å². The van der Waals surface area contributed by atoms with Crippen LogP contribution in [0.4, 0.5) is 10.1 Å². The van der Waals surface area contributed by atoms with E-state index in [1.54, 1.807) is 25.3 Å². The van der Waals surface area contributed by atoms with Gasteiger partial charge in [0.05, 0.1) is 5.25 Å². The molecule has 0 radical (unpaired) electrons. The van der Waals surface area contributed by atoms with Gasteiger partial charge in [-0.05, 0) is 43.3 Å². The van der Waals surface area contributed by atoms with Gasteiger partial charge in [-0.2, -0.15) is 4.98 Å². The zero-order valence-electron chi connectivity index (χ0n) is 11.6. The Kier molecular flexibility index (Phi) is 4.06. The van der Waals surface area contributed by atoms with Crippen LogP contribution in [0.5, 0.6) is 0 Å². The first-order valence-corrected chi connectivity index (χ1v) is 7.44. The summed E-state index contributed by atoms with van der Waals surface area (Å²) in [4.78, 5) is 20.4. The van der Waals surface area contributed by atoms with Gasteiger partial charge in [0.25, 0.3) is 5.22 Å². The standard InChI is InChI=1S/C15H12FN3O2S/c1-9(14(20)18-11-6-4-10(16)5-7-11)22-15-19-13-12(21-15)3-2-8-17-13/h2-9H,1H3,(H,18,20)/t9-/m0/s1. The molecule has 0 bridgehead atoms. The zero-order chi connectivity index (χ0) is 15.5. The largest absolute Gasteiger partial charge is 0.430 e. The number of benzene rings is 1. The van der Waals surface area contributed by atoms with Gasteiger partial charge in [-0.1, -0.05) is 11.8 Å². The molecule has 3 aromatic rings. The Hall–Kier alpha value is -2.41. The van der Waals surface area contributed by atoms with E-state index in [0.717, 1.165) is 0 Å². The van der Waals surface area contributed by atoms with Crippen molar-refractivity contribution >= 4 is 34.6 Å². The number of carbonyl (C=O) groups excluding carboxylic acids is 1. The Morgan fingerprint density at radius 1 is 1.32 bits per heavy atom. The van der Waals surface area contributed by atoms with E-state index in [-0.39, 0.29) is 11.7 Å². The van der Waals surface area contributed by atoms with E-state index in [1.807, 2.05) is 0 Å². The molecule has 0 aliphatic carbocycles. The van der Waals surface area contributed by atoms with Crippen LogP contribution in [0.25, 0.3) is 11.2 Å². The molecular formula is C15H12FN3O2S. The van der Waals surface area contributed by atoms with Crippen molar-refractivity contribution in [2.75, 3.05) is 5.32 Å². The molecule has 7 heteroatoms. The van der Waals surface area contributed by atoms with Crippen molar-refractivity contribution in [3.05, 3.63) is 48.4 Å². The number of oxazole rings is 1. The molecule has 1 amide bonds. The number of nitrogens with zero attached hydrogens (tertiary/aromatic N) is 2. The second kappa shape index (κ2) is 6.15. The summed E-state index contributed by atoms with van der Waals surface area (Å²) in [5.41, 5.74) is 1.63. The molecule has 22 heavy (non-hydrogen) atoms. The van der Waals surface area contributed by atoms with Crippen LogP contribution in [0.2, 0.25) is 0 Å². The lowest BCUT2D eigenvalue weighted by Gasteiger charge is -2.09. The summed E-state index contributed by atoms with van der Waals surface area (Å²) in [6, 6.07) is 9.12. The number of pyridine rings is 1. The maximum atomic E-state index is 12.8. The third-order valence-corrected chi connectivity index (χ3v) is 3.85. The smallest absolute Gasteiger partial charge is 0.259 e. The van der Waals surface area contributed by atoms with E-state index in [0.29, 0.717) is 22.1 Å². The summed E-state index contributed by atoms with van der Waals surface area (Å²) in [6.45, 7) is 1.74. The van der Waals surface area contributed by atoms with Crippen LogP contribution in [-0.2, 0) is 4.79 Å². The first kappa shape index (κ1) is 14.5. The fraction of sp³-hybridized carbons (Fsp3) is 0.133. The molecule has 2 heterocycles. The summed E-state index contributed by atoms with van der Waals surface area (Å²) in [7, 11) is 0. The molecule has 0 aliphatic rings. The summed E-state index contributed by atoms with van der Waals surface area (Å²) in [5.74, 6) is -0.564. The monoisotopic (exact) mass is 317 g/mol. The van der Waals surface area contributed by atoms with Crippen LogP contribution in [-0.4, -0.2) is 21.1 Å². The molecule has 112 valence electrons. The van der Waals surface area contributed by atoms with Gasteiger partial charge in [0.2, 0.25) is 5.91 Å². The minimum absolute atomic E-state index is 0.216. The van der Waals surface area contributed by atoms with Crippen molar-refractivity contribution in [2.45, 2.75) is 17.4 Å². The highest BCUT2D eigenvalue weighted by atomic mass is 32.2. The number of amides is 1. The lowest BCUT2D eigenvalue weighted by molar-refractivity contribution is -0.115. The van der Waals surface area contributed by atoms with Gasteiger partial charge in [0.15, 0.2) is 11.2 Å². The van der Waals surface area contributed by atoms with Gasteiger partial charge in [-0.25, -0.2) is 9.37 Å². The molecule has 0 saturated carbocycles. The van der Waals surface area contributed by atoms with E-state index in [1.165, 1.54) is 36.0 Å². The third kappa shape index (κ3) is 3.25. The van der Waals surface area contributed by atoms with Crippen LogP contribution in [0, 0.1) is 5.82 Å². The van der Waals surface area contributed by atoms with Crippen LogP contribution in [0.3, 0.4) is 0 Å². The highest BCUT2D eigenvalue weighted by molar-refractivity contribution is 8.00. The molecule has 0 spiro atoms. The van der Waals surface area contributed by atoms with Crippen molar-refractivity contribution < 1.29 is 13.6 Å². The summed E-state index contributed by atoms with van der Waals surface area (Å²) in [6.07, 6.45) is 1.63. The van der Waals surface area contributed by atoms with Crippen molar-refractivity contribution in [2.24, 2.45) is 0 Å². The minimum Gasteiger partial charge on any atom is -0.430 e. The Labute approximate surface area is 129 Å². The number of rotatable bonds is 4. The van der Waals surface area contributed by atoms with Crippen LogP contribution >= 0.6 is 11.8 Å². The van der Waals surface area contributed by atoms with Crippen molar-refractivity contribution in [1.29, 1.82) is 0 Å². The van der Waals surface area contributed by atoms with Crippen LogP contribution in [0.15, 0.2) is 52.2 Å². The van der Waals surface area contributed by atoms with E-state index in [9.17, 15) is 9.18 Å². The number of carbonyl (C=O) groups is 1. The quantitative estimate of drug-likeness (QED) is 0.746. The molecular weight excluding hydrogens is 305 g/mol. The summed E-state index contributed by atoms with van der Waals surface area (Å²) in [5, 5.41) is 2.68. The van der Waals surface area contributed by atoms with Crippen molar-refractivity contribution in [3.63, 3.8) is 0 Å². The molecule has 3 rings (SSSR count). The minimum atomic E-state index is -0.418. The van der Waals surface area contributed by atoms with Gasteiger partial charge in [0.1, 0.15) is 5.82 Å². The average molecular weight is 317 g/mol. The molecule has 5 nitrogen and oxygen atoms in total. The molecule has 0 saturated heterocycles. The van der Waals surface area contributed by atoms with Gasteiger partial charge in [-0.3, -0.25) is 4.79 Å². The van der Waals surface area contributed by atoms with E-state index in [4.69, 9.17) is 4.42 Å².